The van der Waals surface area contributed by atoms with Crippen molar-refractivity contribution < 1.29 is 33.3 Å². The Morgan fingerprint density at radius 3 is 2.38 bits per heavy atom. The fourth-order valence-corrected chi connectivity index (χ4v) is 2.73. The van der Waals surface area contributed by atoms with Crippen LogP contribution < -0.4 is 14.8 Å². The zero-order valence-corrected chi connectivity index (χ0v) is 16.9. The van der Waals surface area contributed by atoms with E-state index in [9.17, 15) is 14.4 Å². The summed E-state index contributed by atoms with van der Waals surface area (Å²) in [5.41, 5.74) is 0.867. The van der Waals surface area contributed by atoms with Crippen molar-refractivity contribution in [3.05, 3.63) is 35.9 Å². The smallest absolute Gasteiger partial charge is 0.331 e. The molecule has 0 fully saturated rings. The second-order valence-corrected chi connectivity index (χ2v) is 6.74. The summed E-state index contributed by atoms with van der Waals surface area (Å²) in [6, 6.07) is 5.28. The molecule has 1 aromatic carbocycles. The normalized spacial score (nSPS) is 14.2. The van der Waals surface area contributed by atoms with Gasteiger partial charge in [0.25, 0.3) is 5.91 Å². The van der Waals surface area contributed by atoms with Crippen LogP contribution in [0.5, 0.6) is 11.5 Å². The first-order chi connectivity index (χ1) is 13.9. The van der Waals surface area contributed by atoms with E-state index in [1.165, 1.54) is 0 Å². The van der Waals surface area contributed by atoms with Crippen LogP contribution in [0.3, 0.4) is 0 Å². The second kappa shape index (κ2) is 11.1. The molecule has 29 heavy (non-hydrogen) atoms. The highest BCUT2D eigenvalue weighted by Crippen LogP contribution is 2.34. The molecule has 0 radical (unpaired) electrons. The van der Waals surface area contributed by atoms with E-state index in [0.29, 0.717) is 24.7 Å². The van der Waals surface area contributed by atoms with Crippen molar-refractivity contribution >= 4 is 17.8 Å². The molecule has 0 unspecified atom stereocenters. The summed E-state index contributed by atoms with van der Waals surface area (Å²) in [6.45, 7) is 6.53. The molecule has 158 valence electrons. The SMILES string of the molecule is CCOC(=O)/C=C/C(=O)OCC(=O)N[C@H](c1ccc2c(c1)OCCCO2)C(C)C. The fourth-order valence-electron chi connectivity index (χ4n) is 2.73. The van der Waals surface area contributed by atoms with Crippen molar-refractivity contribution in [3.8, 4) is 11.5 Å². The van der Waals surface area contributed by atoms with Crippen LogP contribution in [-0.2, 0) is 23.9 Å². The average molecular weight is 405 g/mol. The van der Waals surface area contributed by atoms with Crippen molar-refractivity contribution in [2.24, 2.45) is 5.92 Å². The highest BCUT2D eigenvalue weighted by molar-refractivity contribution is 5.92. The van der Waals surface area contributed by atoms with Gasteiger partial charge in [0.2, 0.25) is 0 Å². The van der Waals surface area contributed by atoms with Crippen molar-refractivity contribution in [2.75, 3.05) is 26.4 Å². The van der Waals surface area contributed by atoms with Crippen LogP contribution >= 0.6 is 0 Å². The van der Waals surface area contributed by atoms with E-state index < -0.39 is 24.5 Å². The molecule has 2 rings (SSSR count). The number of fused-ring (bicyclic) bond motifs is 1. The number of hydrogen-bond acceptors (Lipinski definition) is 7. The second-order valence-electron chi connectivity index (χ2n) is 6.74. The number of nitrogens with one attached hydrogen (secondary N) is 1. The first-order valence-electron chi connectivity index (χ1n) is 9.61. The Bertz CT molecular complexity index is 757. The molecule has 1 amide bonds. The van der Waals surface area contributed by atoms with E-state index >= 15 is 0 Å². The quantitative estimate of drug-likeness (QED) is 0.523. The predicted molar refractivity (Wildman–Crippen MR) is 105 cm³/mol. The Labute approximate surface area is 170 Å². The lowest BCUT2D eigenvalue weighted by atomic mass is 9.95. The monoisotopic (exact) mass is 405 g/mol. The van der Waals surface area contributed by atoms with Gasteiger partial charge in [-0.25, -0.2) is 9.59 Å². The van der Waals surface area contributed by atoms with Crippen LogP contribution in [0.2, 0.25) is 0 Å². The van der Waals surface area contributed by atoms with E-state index in [1.54, 1.807) is 6.92 Å². The van der Waals surface area contributed by atoms with Gasteiger partial charge in [-0.15, -0.1) is 0 Å². The summed E-state index contributed by atoms with van der Waals surface area (Å²) < 4.78 is 20.9. The van der Waals surface area contributed by atoms with E-state index in [2.05, 4.69) is 10.1 Å². The molecule has 0 spiro atoms. The van der Waals surface area contributed by atoms with Gasteiger partial charge >= 0.3 is 11.9 Å². The summed E-state index contributed by atoms with van der Waals surface area (Å²) in [6.07, 6.45) is 2.69. The number of amides is 1. The molecule has 0 saturated heterocycles. The molecule has 8 heteroatoms. The van der Waals surface area contributed by atoms with Crippen molar-refractivity contribution in [2.45, 2.75) is 33.2 Å². The summed E-state index contributed by atoms with van der Waals surface area (Å²) >= 11 is 0. The maximum absolute atomic E-state index is 12.3. The van der Waals surface area contributed by atoms with Crippen LogP contribution in [0.25, 0.3) is 0 Å². The van der Waals surface area contributed by atoms with Gasteiger partial charge in [0.15, 0.2) is 18.1 Å². The van der Waals surface area contributed by atoms with E-state index in [4.69, 9.17) is 14.2 Å². The molecule has 1 aliphatic heterocycles. The number of rotatable bonds is 8. The van der Waals surface area contributed by atoms with Gasteiger partial charge < -0.3 is 24.3 Å². The Kier molecular flexibility index (Phi) is 8.51. The minimum Gasteiger partial charge on any atom is -0.490 e. The third kappa shape index (κ3) is 7.14. The third-order valence-corrected chi connectivity index (χ3v) is 4.10. The van der Waals surface area contributed by atoms with Crippen LogP contribution in [0.1, 0.15) is 38.8 Å². The fraction of sp³-hybridized carbons (Fsp3) is 0.476. The molecule has 1 heterocycles. The molecule has 1 N–H and O–H groups in total. The number of ether oxygens (including phenoxy) is 4. The van der Waals surface area contributed by atoms with Gasteiger partial charge in [-0.3, -0.25) is 4.79 Å². The maximum atomic E-state index is 12.3. The standard InChI is InChI=1S/C21H27NO7/c1-4-26-19(24)8-9-20(25)29-13-18(23)22-21(14(2)3)15-6-7-16-17(12-15)28-11-5-10-27-16/h6-9,12,14,21H,4-5,10-11,13H2,1-3H3,(H,22,23)/b9-8+/t21-/m0/s1. The molecule has 1 atom stereocenters. The highest BCUT2D eigenvalue weighted by atomic mass is 16.5. The molecule has 0 aliphatic carbocycles. The Morgan fingerprint density at radius 2 is 1.72 bits per heavy atom. The zero-order valence-electron chi connectivity index (χ0n) is 16.9. The molecule has 0 saturated carbocycles. The van der Waals surface area contributed by atoms with Crippen molar-refractivity contribution in [1.82, 2.24) is 5.32 Å². The summed E-state index contributed by atoms with van der Waals surface area (Å²) in [5.74, 6) is -0.484. The van der Waals surface area contributed by atoms with Gasteiger partial charge in [0.05, 0.1) is 25.9 Å². The lowest BCUT2D eigenvalue weighted by Crippen LogP contribution is -2.34. The minimum atomic E-state index is -0.801. The summed E-state index contributed by atoms with van der Waals surface area (Å²) in [4.78, 5) is 35.0. The van der Waals surface area contributed by atoms with Gasteiger partial charge in [0, 0.05) is 18.6 Å². The number of benzene rings is 1. The van der Waals surface area contributed by atoms with Gasteiger partial charge in [-0.1, -0.05) is 19.9 Å². The lowest BCUT2D eigenvalue weighted by Gasteiger charge is -2.23. The number of carbonyl (C=O) groups is 3. The van der Waals surface area contributed by atoms with Crippen LogP contribution in [0.15, 0.2) is 30.4 Å². The van der Waals surface area contributed by atoms with Crippen LogP contribution in [-0.4, -0.2) is 44.3 Å². The first kappa shape index (κ1) is 22.3. The maximum Gasteiger partial charge on any atom is 0.331 e. The van der Waals surface area contributed by atoms with E-state index in [-0.39, 0.29) is 18.6 Å². The average Bonchev–Trinajstić information content (AvgIpc) is 2.93. The predicted octanol–water partition coefficient (Wildman–Crippen LogP) is 2.32. The van der Waals surface area contributed by atoms with Crippen LogP contribution in [0.4, 0.5) is 0 Å². The van der Waals surface area contributed by atoms with Crippen molar-refractivity contribution in [3.63, 3.8) is 0 Å². The molecular weight excluding hydrogens is 378 g/mol. The summed E-state index contributed by atoms with van der Waals surface area (Å²) in [5, 5.41) is 2.87. The highest BCUT2D eigenvalue weighted by Gasteiger charge is 2.21. The van der Waals surface area contributed by atoms with E-state index in [1.807, 2.05) is 32.0 Å². The topological polar surface area (TPSA) is 100 Å². The summed E-state index contributed by atoms with van der Waals surface area (Å²) in [7, 11) is 0. The first-order valence-corrected chi connectivity index (χ1v) is 9.61. The Balaban J connectivity index is 1.95. The molecular formula is C21H27NO7. The molecule has 8 nitrogen and oxygen atoms in total. The van der Waals surface area contributed by atoms with E-state index in [0.717, 1.165) is 24.1 Å². The number of carbonyl (C=O) groups excluding carboxylic acids is 3. The molecule has 0 aromatic heterocycles. The number of esters is 2. The third-order valence-electron chi connectivity index (χ3n) is 4.10. The largest absolute Gasteiger partial charge is 0.490 e. The Hall–Kier alpha value is -3.03. The molecule has 1 aliphatic rings. The molecule has 1 aromatic rings. The van der Waals surface area contributed by atoms with Crippen LogP contribution in [0, 0.1) is 5.92 Å². The Morgan fingerprint density at radius 1 is 1.07 bits per heavy atom. The van der Waals surface area contributed by atoms with Crippen molar-refractivity contribution in [1.29, 1.82) is 0 Å². The van der Waals surface area contributed by atoms with Gasteiger partial charge in [-0.05, 0) is 30.5 Å². The number of hydrogen-bond donors (Lipinski definition) is 1. The zero-order chi connectivity index (χ0) is 21.2. The molecule has 0 bridgehead atoms. The van der Waals surface area contributed by atoms with Gasteiger partial charge in [-0.2, -0.15) is 0 Å². The van der Waals surface area contributed by atoms with Gasteiger partial charge in [0.1, 0.15) is 0 Å². The minimum absolute atomic E-state index is 0.0862. The lowest BCUT2D eigenvalue weighted by molar-refractivity contribution is -0.144.